The van der Waals surface area contributed by atoms with Crippen LogP contribution in [0.3, 0.4) is 0 Å². The lowest BCUT2D eigenvalue weighted by atomic mass is 10.1. The van der Waals surface area contributed by atoms with Gasteiger partial charge in [-0.1, -0.05) is 19.1 Å². The van der Waals surface area contributed by atoms with Gasteiger partial charge < -0.3 is 14.4 Å². The molecule has 0 aliphatic carbocycles. The minimum Gasteiger partial charge on any atom is -0.484 e. The topological polar surface area (TPSA) is 38.8 Å². The Morgan fingerprint density at radius 3 is 2.74 bits per heavy atom. The summed E-state index contributed by atoms with van der Waals surface area (Å²) in [4.78, 5) is 13.6. The average Bonchev–Trinajstić information content (AvgIpc) is 2.36. The first-order chi connectivity index (χ1) is 9.15. The average molecular weight is 267 g/mol. The lowest BCUT2D eigenvalue weighted by molar-refractivity contribution is -0.151. The van der Waals surface area contributed by atoms with Gasteiger partial charge in [0, 0.05) is 7.11 Å². The smallest absolute Gasteiger partial charge is 0.251 e. The molecule has 0 unspecified atom stereocenters. The molecule has 104 valence electrons. The van der Waals surface area contributed by atoms with E-state index < -0.39 is 6.10 Å². The van der Waals surface area contributed by atoms with Crippen LogP contribution >= 0.6 is 0 Å². The van der Waals surface area contributed by atoms with Crippen molar-refractivity contribution < 1.29 is 18.7 Å². The van der Waals surface area contributed by atoms with E-state index in [9.17, 15) is 9.18 Å². The van der Waals surface area contributed by atoms with E-state index in [4.69, 9.17) is 9.47 Å². The van der Waals surface area contributed by atoms with Gasteiger partial charge in [0.2, 0.25) is 0 Å². The molecule has 0 radical (unpaired) electrons. The Labute approximate surface area is 112 Å². The molecule has 0 saturated carbocycles. The summed E-state index contributed by atoms with van der Waals surface area (Å²) in [5, 5.41) is 0. The lowest BCUT2D eigenvalue weighted by Gasteiger charge is -2.40. The summed E-state index contributed by atoms with van der Waals surface area (Å²) >= 11 is 0. The Kier molecular flexibility index (Phi) is 4.37. The third kappa shape index (κ3) is 3.04. The minimum absolute atomic E-state index is 0.0293. The fourth-order valence-corrected chi connectivity index (χ4v) is 2.06. The van der Waals surface area contributed by atoms with Crippen molar-refractivity contribution in [1.82, 2.24) is 4.90 Å². The molecule has 0 bridgehead atoms. The summed E-state index contributed by atoms with van der Waals surface area (Å²) in [5.41, 5.74) is 0. The largest absolute Gasteiger partial charge is 0.484 e. The fourth-order valence-electron chi connectivity index (χ4n) is 2.06. The predicted octanol–water partition coefficient (Wildman–Crippen LogP) is 1.84. The molecule has 1 heterocycles. The number of hydrogen-bond acceptors (Lipinski definition) is 3. The number of rotatable bonds is 5. The fraction of sp³-hybridized carbons (Fsp3) is 0.500. The normalized spacial score (nSPS) is 16.9. The number of carbonyl (C=O) groups excluding carboxylic acids is 1. The molecule has 1 aliphatic heterocycles. The maximum absolute atomic E-state index is 13.4. The standard InChI is InChI=1S/C14H18FNO3/c1-3-12(18-2)14(17)16-8-10(9-16)19-13-7-5-4-6-11(13)15/h4-7,10,12H,3,8-9H2,1-2H3/t12-/m0/s1. The van der Waals surface area contributed by atoms with Crippen LogP contribution in [0, 0.1) is 5.82 Å². The highest BCUT2D eigenvalue weighted by Gasteiger charge is 2.35. The maximum Gasteiger partial charge on any atom is 0.251 e. The molecule has 19 heavy (non-hydrogen) atoms. The third-order valence-corrected chi connectivity index (χ3v) is 3.22. The van der Waals surface area contributed by atoms with Crippen molar-refractivity contribution in [3.63, 3.8) is 0 Å². The second-order valence-electron chi connectivity index (χ2n) is 4.55. The molecule has 1 aliphatic rings. The summed E-state index contributed by atoms with van der Waals surface area (Å²) < 4.78 is 24.0. The van der Waals surface area contributed by atoms with E-state index >= 15 is 0 Å². The van der Waals surface area contributed by atoms with Crippen LogP contribution in [-0.4, -0.2) is 43.2 Å². The zero-order chi connectivity index (χ0) is 13.8. The Morgan fingerprint density at radius 2 is 2.16 bits per heavy atom. The molecule has 1 atom stereocenters. The summed E-state index contributed by atoms with van der Waals surface area (Å²) in [6.07, 6.45) is 0.106. The van der Waals surface area contributed by atoms with E-state index in [-0.39, 0.29) is 23.6 Å². The van der Waals surface area contributed by atoms with Gasteiger partial charge in [0.1, 0.15) is 12.2 Å². The number of ether oxygens (including phenoxy) is 2. The van der Waals surface area contributed by atoms with E-state index in [0.29, 0.717) is 19.5 Å². The summed E-state index contributed by atoms with van der Waals surface area (Å²) in [6, 6.07) is 6.28. The van der Waals surface area contributed by atoms with Gasteiger partial charge in [0.05, 0.1) is 13.1 Å². The third-order valence-electron chi connectivity index (χ3n) is 3.22. The summed E-state index contributed by atoms with van der Waals surface area (Å²) in [5.74, 6) is -0.174. The van der Waals surface area contributed by atoms with Gasteiger partial charge in [-0.15, -0.1) is 0 Å². The first kappa shape index (κ1) is 13.8. The van der Waals surface area contributed by atoms with E-state index in [1.54, 1.807) is 23.1 Å². The zero-order valence-corrected chi connectivity index (χ0v) is 11.1. The summed E-state index contributed by atoms with van der Waals surface area (Å²) in [7, 11) is 1.53. The van der Waals surface area contributed by atoms with Crippen molar-refractivity contribution in [3.05, 3.63) is 30.1 Å². The van der Waals surface area contributed by atoms with Gasteiger partial charge in [-0.2, -0.15) is 0 Å². The van der Waals surface area contributed by atoms with Crippen LogP contribution in [0.4, 0.5) is 4.39 Å². The van der Waals surface area contributed by atoms with Crippen molar-refractivity contribution in [2.45, 2.75) is 25.6 Å². The van der Waals surface area contributed by atoms with Crippen LogP contribution in [0.25, 0.3) is 0 Å². The van der Waals surface area contributed by atoms with Gasteiger partial charge >= 0.3 is 0 Å². The second kappa shape index (κ2) is 6.02. The van der Waals surface area contributed by atoms with Crippen molar-refractivity contribution in [2.75, 3.05) is 20.2 Å². The first-order valence-electron chi connectivity index (χ1n) is 6.38. The van der Waals surface area contributed by atoms with Crippen molar-refractivity contribution in [3.8, 4) is 5.75 Å². The number of benzene rings is 1. The molecule has 1 aromatic rings. The lowest BCUT2D eigenvalue weighted by Crippen LogP contribution is -2.58. The SMILES string of the molecule is CC[C@H](OC)C(=O)N1CC(Oc2ccccc2F)C1. The molecule has 5 heteroatoms. The van der Waals surface area contributed by atoms with Crippen LogP contribution in [0.15, 0.2) is 24.3 Å². The molecule has 1 aromatic carbocycles. The highest BCUT2D eigenvalue weighted by atomic mass is 19.1. The predicted molar refractivity (Wildman–Crippen MR) is 68.5 cm³/mol. The van der Waals surface area contributed by atoms with E-state index in [0.717, 1.165) is 0 Å². The number of nitrogens with zero attached hydrogens (tertiary/aromatic N) is 1. The number of para-hydroxylation sites is 1. The van der Waals surface area contributed by atoms with E-state index in [2.05, 4.69) is 0 Å². The van der Waals surface area contributed by atoms with Gasteiger partial charge in [0.15, 0.2) is 11.6 Å². The Hall–Kier alpha value is -1.62. The number of likely N-dealkylation sites (tertiary alicyclic amines) is 1. The Balaban J connectivity index is 1.84. The first-order valence-corrected chi connectivity index (χ1v) is 6.38. The van der Waals surface area contributed by atoms with Gasteiger partial charge in [-0.25, -0.2) is 4.39 Å². The number of methoxy groups -OCH3 is 1. The quantitative estimate of drug-likeness (QED) is 0.817. The van der Waals surface area contributed by atoms with Crippen LogP contribution in [0.5, 0.6) is 5.75 Å². The molecular weight excluding hydrogens is 249 g/mol. The second-order valence-corrected chi connectivity index (χ2v) is 4.55. The minimum atomic E-state index is -0.394. The van der Waals surface area contributed by atoms with E-state index in [1.165, 1.54) is 13.2 Å². The molecule has 0 aromatic heterocycles. The number of hydrogen-bond donors (Lipinski definition) is 0. The monoisotopic (exact) mass is 267 g/mol. The maximum atomic E-state index is 13.4. The van der Waals surface area contributed by atoms with Crippen molar-refractivity contribution >= 4 is 5.91 Å². The Bertz CT molecular complexity index is 442. The highest BCUT2D eigenvalue weighted by molar-refractivity contribution is 5.81. The van der Waals surface area contributed by atoms with Crippen LogP contribution in [0.2, 0.25) is 0 Å². The molecular formula is C14H18FNO3. The molecule has 4 nitrogen and oxygen atoms in total. The van der Waals surface area contributed by atoms with Crippen molar-refractivity contribution in [2.24, 2.45) is 0 Å². The Morgan fingerprint density at radius 1 is 1.47 bits per heavy atom. The molecule has 0 spiro atoms. The van der Waals surface area contributed by atoms with Crippen LogP contribution in [0.1, 0.15) is 13.3 Å². The molecule has 1 saturated heterocycles. The van der Waals surface area contributed by atoms with Crippen molar-refractivity contribution in [1.29, 1.82) is 0 Å². The molecule has 2 rings (SSSR count). The number of carbonyl (C=O) groups is 1. The number of halogens is 1. The summed E-state index contributed by atoms with van der Waals surface area (Å²) in [6.45, 7) is 2.86. The highest BCUT2D eigenvalue weighted by Crippen LogP contribution is 2.22. The molecule has 1 amide bonds. The van der Waals surface area contributed by atoms with Gasteiger partial charge in [-0.05, 0) is 18.6 Å². The van der Waals surface area contributed by atoms with Gasteiger partial charge in [-0.3, -0.25) is 4.79 Å². The molecule has 0 N–H and O–H groups in total. The number of amides is 1. The van der Waals surface area contributed by atoms with E-state index in [1.807, 2.05) is 6.92 Å². The zero-order valence-electron chi connectivity index (χ0n) is 11.1. The van der Waals surface area contributed by atoms with Crippen LogP contribution < -0.4 is 4.74 Å². The van der Waals surface area contributed by atoms with Crippen LogP contribution in [-0.2, 0) is 9.53 Å². The molecule has 1 fully saturated rings. The van der Waals surface area contributed by atoms with Gasteiger partial charge in [0.25, 0.3) is 5.91 Å².